The largest absolute Gasteiger partial charge is 0.404 e. The van der Waals surface area contributed by atoms with Crippen LogP contribution in [0.1, 0.15) is 57.5 Å². The Labute approximate surface area is 178 Å². The average Bonchev–Trinajstić information content (AvgIpc) is 3.12. The predicted molar refractivity (Wildman–Crippen MR) is 111 cm³/mol. The molecule has 5 heterocycles. The maximum absolute atomic E-state index is 13.6. The highest BCUT2D eigenvalue weighted by molar-refractivity contribution is 14.1. The molecule has 0 bridgehead atoms. The van der Waals surface area contributed by atoms with E-state index in [0.29, 0.717) is 12.5 Å². The lowest BCUT2D eigenvalue weighted by Crippen LogP contribution is -2.36. The van der Waals surface area contributed by atoms with Crippen molar-refractivity contribution in [2.24, 2.45) is 0 Å². The van der Waals surface area contributed by atoms with Gasteiger partial charge in [-0.15, -0.1) is 5.10 Å². The van der Waals surface area contributed by atoms with Crippen molar-refractivity contribution in [1.29, 1.82) is 0 Å². The van der Waals surface area contributed by atoms with Crippen LogP contribution in [-0.4, -0.2) is 36.3 Å². The van der Waals surface area contributed by atoms with Crippen LogP contribution in [0.5, 0.6) is 0 Å². The van der Waals surface area contributed by atoms with E-state index in [2.05, 4.69) is 32.3 Å². The molecule has 0 spiro atoms. The van der Waals surface area contributed by atoms with Gasteiger partial charge >= 0.3 is 6.01 Å². The lowest BCUT2D eigenvalue weighted by Gasteiger charge is -2.32. The van der Waals surface area contributed by atoms with Crippen molar-refractivity contribution in [3.63, 3.8) is 0 Å². The minimum absolute atomic E-state index is 0.0294. The lowest BCUT2D eigenvalue weighted by molar-refractivity contribution is 0.379. The van der Waals surface area contributed by atoms with E-state index in [0.717, 1.165) is 29.0 Å². The number of fused-ring (bicyclic) bond motifs is 2. The van der Waals surface area contributed by atoms with Crippen LogP contribution in [0.3, 0.4) is 0 Å². The van der Waals surface area contributed by atoms with Crippen LogP contribution in [0.25, 0.3) is 5.52 Å². The Hall–Kier alpha value is -2.50. The molecule has 29 heavy (non-hydrogen) atoms. The first-order valence-electron chi connectivity index (χ1n) is 9.57. The van der Waals surface area contributed by atoms with Gasteiger partial charge in [-0.2, -0.15) is 5.10 Å². The number of H-pyrrole nitrogens is 1. The Bertz CT molecular complexity index is 1190. The van der Waals surface area contributed by atoms with Crippen LogP contribution < -0.4 is 4.90 Å². The van der Waals surface area contributed by atoms with Crippen molar-refractivity contribution in [2.45, 2.75) is 35.4 Å². The van der Waals surface area contributed by atoms with E-state index in [1.54, 1.807) is 28.9 Å². The van der Waals surface area contributed by atoms with Crippen molar-refractivity contribution >= 4 is 34.1 Å². The van der Waals surface area contributed by atoms with E-state index < -0.39 is 4.18 Å². The standard InChI is InChI=1S/C19H17FIN7O/c20-17(21)18-24-25-19(29-18)27-7-5-12-15(23-9-22-12)16(27)13-8-14-11(10-3-4-10)2-1-6-28(14)26-13/h1-2,6,8-10,16-17H,3-5,7H2,(H,22,23)/t16-,17?/m1/s1. The fourth-order valence-electron chi connectivity index (χ4n) is 4.14. The van der Waals surface area contributed by atoms with E-state index in [1.807, 2.05) is 21.7 Å². The molecule has 0 amide bonds. The predicted octanol–water partition coefficient (Wildman–Crippen LogP) is 3.87. The van der Waals surface area contributed by atoms with Gasteiger partial charge in [-0.3, -0.25) is 0 Å². The molecule has 2 atom stereocenters. The number of anilines is 1. The van der Waals surface area contributed by atoms with Gasteiger partial charge in [0.2, 0.25) is 4.18 Å². The van der Waals surface area contributed by atoms with Crippen LogP contribution in [0, 0.1) is 0 Å². The van der Waals surface area contributed by atoms with Crippen molar-refractivity contribution in [1.82, 2.24) is 29.8 Å². The van der Waals surface area contributed by atoms with E-state index in [-0.39, 0.29) is 17.9 Å². The van der Waals surface area contributed by atoms with Crippen LogP contribution in [-0.2, 0) is 6.42 Å². The zero-order chi connectivity index (χ0) is 19.5. The third-order valence-corrected chi connectivity index (χ3v) is 6.17. The summed E-state index contributed by atoms with van der Waals surface area (Å²) in [5.74, 6) is 0.591. The molecule has 1 aliphatic carbocycles. The minimum atomic E-state index is -1.34. The van der Waals surface area contributed by atoms with E-state index in [4.69, 9.17) is 9.52 Å². The van der Waals surface area contributed by atoms with Crippen LogP contribution >= 0.6 is 22.6 Å². The van der Waals surface area contributed by atoms with Gasteiger partial charge in [-0.1, -0.05) is 11.2 Å². The van der Waals surface area contributed by atoms with Gasteiger partial charge in [-0.25, -0.2) is 13.9 Å². The zero-order valence-corrected chi connectivity index (χ0v) is 17.5. The Morgan fingerprint density at radius 2 is 2.21 bits per heavy atom. The second-order valence-electron chi connectivity index (χ2n) is 7.47. The van der Waals surface area contributed by atoms with Crippen molar-refractivity contribution in [3.8, 4) is 0 Å². The summed E-state index contributed by atoms with van der Waals surface area (Å²) in [6.07, 6.45) is 6.88. The Kier molecular flexibility index (Phi) is 3.90. The number of nitrogens with one attached hydrogen (secondary N) is 1. The SMILES string of the molecule is FC(I)c1nnc(N2CCc3[nH]cnc3[C@H]2c2cc3c(C4CC4)cccn3n2)o1. The number of alkyl halides is 2. The molecule has 4 aromatic heterocycles. The van der Waals surface area contributed by atoms with Gasteiger partial charge in [-0.05, 0) is 59.0 Å². The number of hydrogen-bond donors (Lipinski definition) is 1. The molecule has 1 unspecified atom stereocenters. The summed E-state index contributed by atoms with van der Waals surface area (Å²) < 4.78 is 19.8. The van der Waals surface area contributed by atoms with Crippen molar-refractivity contribution in [3.05, 3.63) is 59.3 Å². The quantitative estimate of drug-likeness (QED) is 0.335. The number of nitrogens with zero attached hydrogens (tertiary/aromatic N) is 6. The molecule has 6 rings (SSSR count). The van der Waals surface area contributed by atoms with Gasteiger partial charge in [0.25, 0.3) is 5.89 Å². The first kappa shape index (κ1) is 17.4. The summed E-state index contributed by atoms with van der Waals surface area (Å²) in [4.78, 5) is 9.76. The highest BCUT2D eigenvalue weighted by atomic mass is 127. The molecule has 0 aromatic carbocycles. The molecular weight excluding hydrogens is 488 g/mol. The summed E-state index contributed by atoms with van der Waals surface area (Å²) in [5.41, 5.74) is 5.27. The van der Waals surface area contributed by atoms with Gasteiger partial charge in [0.15, 0.2) is 0 Å². The number of halogens is 2. The Balaban J connectivity index is 1.48. The molecule has 4 aromatic rings. The molecule has 0 radical (unpaired) electrons. The fourth-order valence-corrected chi connectivity index (χ4v) is 4.39. The molecule has 1 aliphatic heterocycles. The Morgan fingerprint density at radius 3 is 3.00 bits per heavy atom. The number of imidazole rings is 1. The van der Waals surface area contributed by atoms with E-state index >= 15 is 0 Å². The number of aromatic amines is 1. The molecule has 1 saturated carbocycles. The van der Waals surface area contributed by atoms with Gasteiger partial charge in [0.05, 0.1) is 23.2 Å². The normalized spacial score (nSPS) is 20.2. The van der Waals surface area contributed by atoms with Gasteiger partial charge < -0.3 is 14.3 Å². The van der Waals surface area contributed by atoms with Crippen LogP contribution in [0.15, 0.2) is 35.1 Å². The molecule has 10 heteroatoms. The second-order valence-corrected chi connectivity index (χ2v) is 8.57. The third-order valence-electron chi connectivity index (χ3n) is 5.64. The zero-order valence-electron chi connectivity index (χ0n) is 15.3. The van der Waals surface area contributed by atoms with Gasteiger partial charge in [0, 0.05) is 24.9 Å². The molecule has 1 fully saturated rings. The topological polar surface area (TPSA) is 88.1 Å². The summed E-state index contributed by atoms with van der Waals surface area (Å²) >= 11 is 1.62. The maximum atomic E-state index is 13.6. The highest BCUT2D eigenvalue weighted by Gasteiger charge is 2.37. The number of pyridine rings is 1. The summed E-state index contributed by atoms with van der Waals surface area (Å²) in [5, 5.41) is 12.8. The van der Waals surface area contributed by atoms with E-state index in [1.165, 1.54) is 18.4 Å². The molecule has 148 valence electrons. The average molecular weight is 505 g/mol. The summed E-state index contributed by atoms with van der Waals surface area (Å²) in [6, 6.07) is 6.36. The monoisotopic (exact) mass is 505 g/mol. The molecule has 1 N–H and O–H groups in total. The van der Waals surface area contributed by atoms with Crippen molar-refractivity contribution in [2.75, 3.05) is 11.4 Å². The second kappa shape index (κ2) is 6.51. The first-order valence-corrected chi connectivity index (χ1v) is 10.8. The van der Waals surface area contributed by atoms with Gasteiger partial charge in [0.1, 0.15) is 6.04 Å². The highest BCUT2D eigenvalue weighted by Crippen LogP contribution is 2.43. The van der Waals surface area contributed by atoms with Crippen molar-refractivity contribution < 1.29 is 8.81 Å². The number of rotatable bonds is 4. The Morgan fingerprint density at radius 1 is 1.31 bits per heavy atom. The number of aromatic nitrogens is 6. The van der Waals surface area contributed by atoms with E-state index in [9.17, 15) is 4.39 Å². The molecular formula is C19H17FIN7O. The molecule has 8 nitrogen and oxygen atoms in total. The molecule has 2 aliphatic rings. The maximum Gasteiger partial charge on any atom is 0.319 e. The smallest absolute Gasteiger partial charge is 0.319 e. The fraction of sp³-hybridized carbons (Fsp3) is 0.368. The third kappa shape index (κ3) is 2.83. The molecule has 0 saturated heterocycles. The minimum Gasteiger partial charge on any atom is -0.404 e. The van der Waals surface area contributed by atoms with Crippen LogP contribution in [0.4, 0.5) is 10.4 Å². The van der Waals surface area contributed by atoms with Crippen LogP contribution in [0.2, 0.25) is 0 Å². The lowest BCUT2D eigenvalue weighted by atomic mass is 10.00. The first-order chi connectivity index (χ1) is 14.2. The summed E-state index contributed by atoms with van der Waals surface area (Å²) in [7, 11) is 0. The number of hydrogen-bond acceptors (Lipinski definition) is 6. The summed E-state index contributed by atoms with van der Waals surface area (Å²) in [6.45, 7) is 0.642.